The summed E-state index contributed by atoms with van der Waals surface area (Å²) in [5.41, 5.74) is 0.158. The predicted molar refractivity (Wildman–Crippen MR) is 61.9 cm³/mol. The number of hydrogen-bond donors (Lipinski definition) is 0. The quantitative estimate of drug-likeness (QED) is 0.617. The van der Waals surface area contributed by atoms with E-state index in [0.29, 0.717) is 10.8 Å². The highest BCUT2D eigenvalue weighted by Crippen LogP contribution is 2.28. The van der Waals surface area contributed by atoms with Gasteiger partial charge in [-0.15, -0.1) is 0 Å². The maximum Gasteiger partial charge on any atom is 0.387 e. The first-order valence-electron chi connectivity index (χ1n) is 4.77. The summed E-state index contributed by atoms with van der Waals surface area (Å²) in [6.45, 7) is -3.05. The molecular formula is C11H9BrF2O4. The zero-order chi connectivity index (χ0) is 13.7. The largest absolute Gasteiger partial charge is 0.469 e. The van der Waals surface area contributed by atoms with Crippen molar-refractivity contribution in [2.24, 2.45) is 0 Å². The smallest absolute Gasteiger partial charge is 0.387 e. The fourth-order valence-electron chi connectivity index (χ4n) is 1.35. The predicted octanol–water partition coefficient (Wildman–Crippen LogP) is 2.58. The third-order valence-corrected chi connectivity index (χ3v) is 2.55. The minimum absolute atomic E-state index is 0.0936. The van der Waals surface area contributed by atoms with Gasteiger partial charge in [0, 0.05) is 4.47 Å². The Morgan fingerprint density at radius 1 is 1.50 bits per heavy atom. The van der Waals surface area contributed by atoms with Gasteiger partial charge in [-0.05, 0) is 17.7 Å². The molecule has 0 aliphatic carbocycles. The molecule has 0 aromatic heterocycles. The number of aldehydes is 1. The minimum Gasteiger partial charge on any atom is -0.469 e. The van der Waals surface area contributed by atoms with Crippen LogP contribution in [0.15, 0.2) is 16.6 Å². The van der Waals surface area contributed by atoms with Crippen molar-refractivity contribution in [1.29, 1.82) is 0 Å². The van der Waals surface area contributed by atoms with Crippen molar-refractivity contribution in [2.75, 3.05) is 7.11 Å². The van der Waals surface area contributed by atoms with Gasteiger partial charge in [-0.2, -0.15) is 8.78 Å². The van der Waals surface area contributed by atoms with Crippen LogP contribution in [0.5, 0.6) is 5.75 Å². The van der Waals surface area contributed by atoms with Gasteiger partial charge >= 0.3 is 12.6 Å². The summed E-state index contributed by atoms with van der Waals surface area (Å²) in [5, 5.41) is 0. The van der Waals surface area contributed by atoms with E-state index in [9.17, 15) is 18.4 Å². The molecule has 0 bridgehead atoms. The van der Waals surface area contributed by atoms with Crippen molar-refractivity contribution < 1.29 is 27.8 Å². The first-order chi connectivity index (χ1) is 8.47. The van der Waals surface area contributed by atoms with Crippen LogP contribution in [0.4, 0.5) is 8.78 Å². The number of esters is 1. The van der Waals surface area contributed by atoms with Crippen molar-refractivity contribution in [3.8, 4) is 5.75 Å². The maximum atomic E-state index is 12.2. The maximum absolute atomic E-state index is 12.2. The number of ether oxygens (including phenoxy) is 2. The number of hydrogen-bond acceptors (Lipinski definition) is 4. The van der Waals surface area contributed by atoms with Crippen LogP contribution in [0.3, 0.4) is 0 Å². The Labute approximate surface area is 110 Å². The zero-order valence-corrected chi connectivity index (χ0v) is 10.9. The Bertz CT molecular complexity index is 463. The van der Waals surface area contributed by atoms with Gasteiger partial charge in [-0.1, -0.05) is 15.9 Å². The second-order valence-electron chi connectivity index (χ2n) is 3.23. The molecule has 4 nitrogen and oxygen atoms in total. The molecule has 98 valence electrons. The van der Waals surface area contributed by atoms with E-state index in [1.807, 2.05) is 0 Å². The average Bonchev–Trinajstić information content (AvgIpc) is 2.27. The molecule has 0 aliphatic heterocycles. The van der Waals surface area contributed by atoms with Crippen molar-refractivity contribution >= 4 is 28.2 Å². The molecule has 1 rings (SSSR count). The number of benzene rings is 1. The molecule has 0 fully saturated rings. The molecule has 1 aromatic rings. The van der Waals surface area contributed by atoms with Crippen LogP contribution < -0.4 is 4.74 Å². The molecular weight excluding hydrogens is 314 g/mol. The molecule has 0 amide bonds. The molecule has 1 aromatic carbocycles. The Balaban J connectivity index is 3.19. The zero-order valence-electron chi connectivity index (χ0n) is 9.28. The van der Waals surface area contributed by atoms with E-state index in [4.69, 9.17) is 0 Å². The summed E-state index contributed by atoms with van der Waals surface area (Å²) in [6.07, 6.45) is 0.159. The van der Waals surface area contributed by atoms with E-state index < -0.39 is 12.6 Å². The fourth-order valence-corrected chi connectivity index (χ4v) is 1.83. The molecule has 0 radical (unpaired) electrons. The molecule has 0 spiro atoms. The first-order valence-corrected chi connectivity index (χ1v) is 5.56. The number of carbonyl (C=O) groups is 2. The van der Waals surface area contributed by atoms with Crippen molar-refractivity contribution in [1.82, 2.24) is 0 Å². The first kappa shape index (κ1) is 14.6. The Kier molecular flexibility index (Phi) is 5.21. The standard InChI is InChI=1S/C11H9BrF2O4/c1-17-10(16)3-6-2-7(12)4-9(8(6)5-15)18-11(13)14/h2,4-5,11H,3H2,1H3. The highest BCUT2D eigenvalue weighted by molar-refractivity contribution is 9.10. The topological polar surface area (TPSA) is 52.6 Å². The Morgan fingerprint density at radius 3 is 2.67 bits per heavy atom. The van der Waals surface area contributed by atoms with Crippen LogP contribution in [0.25, 0.3) is 0 Å². The van der Waals surface area contributed by atoms with Crippen LogP contribution in [-0.2, 0) is 16.0 Å². The summed E-state index contributed by atoms with van der Waals surface area (Å²) in [4.78, 5) is 22.1. The molecule has 7 heteroatoms. The fraction of sp³-hybridized carbons (Fsp3) is 0.273. The molecule has 0 saturated carbocycles. The number of methoxy groups -OCH3 is 1. The highest BCUT2D eigenvalue weighted by Gasteiger charge is 2.16. The molecule has 0 aliphatic rings. The molecule has 0 atom stereocenters. The lowest BCUT2D eigenvalue weighted by Gasteiger charge is -2.11. The van der Waals surface area contributed by atoms with Crippen LogP contribution in [0.2, 0.25) is 0 Å². The van der Waals surface area contributed by atoms with E-state index in [1.165, 1.54) is 19.2 Å². The lowest BCUT2D eigenvalue weighted by Crippen LogP contribution is -2.10. The second-order valence-corrected chi connectivity index (χ2v) is 4.14. The summed E-state index contributed by atoms with van der Waals surface area (Å²) >= 11 is 3.09. The molecule has 0 unspecified atom stereocenters. The third-order valence-electron chi connectivity index (χ3n) is 2.09. The van der Waals surface area contributed by atoms with E-state index >= 15 is 0 Å². The molecule has 0 heterocycles. The Morgan fingerprint density at radius 2 is 2.17 bits per heavy atom. The second kappa shape index (κ2) is 6.44. The average molecular weight is 323 g/mol. The number of alkyl halides is 2. The number of carbonyl (C=O) groups excluding carboxylic acids is 2. The molecule has 0 saturated heterocycles. The monoisotopic (exact) mass is 322 g/mol. The van der Waals surface area contributed by atoms with E-state index in [-0.39, 0.29) is 23.3 Å². The van der Waals surface area contributed by atoms with Gasteiger partial charge in [0.2, 0.25) is 0 Å². The lowest BCUT2D eigenvalue weighted by molar-refractivity contribution is -0.139. The molecule has 0 N–H and O–H groups in total. The van der Waals surface area contributed by atoms with Gasteiger partial charge < -0.3 is 9.47 Å². The Hall–Kier alpha value is -1.50. The van der Waals surface area contributed by atoms with Crippen molar-refractivity contribution in [2.45, 2.75) is 13.0 Å². The van der Waals surface area contributed by atoms with Gasteiger partial charge in [0.05, 0.1) is 19.1 Å². The van der Waals surface area contributed by atoms with Crippen LogP contribution in [0, 0.1) is 0 Å². The normalized spacial score (nSPS) is 10.3. The van der Waals surface area contributed by atoms with E-state index in [2.05, 4.69) is 25.4 Å². The lowest BCUT2D eigenvalue weighted by atomic mass is 10.0. The van der Waals surface area contributed by atoms with Gasteiger partial charge in [0.1, 0.15) is 5.75 Å². The van der Waals surface area contributed by atoms with Crippen molar-refractivity contribution in [3.63, 3.8) is 0 Å². The van der Waals surface area contributed by atoms with Crippen LogP contribution in [-0.4, -0.2) is 26.0 Å². The van der Waals surface area contributed by atoms with Gasteiger partial charge in [-0.3, -0.25) is 9.59 Å². The summed E-state index contributed by atoms with van der Waals surface area (Å²) in [6, 6.07) is 2.70. The summed E-state index contributed by atoms with van der Waals surface area (Å²) in [7, 11) is 1.19. The minimum atomic E-state index is -3.05. The third kappa shape index (κ3) is 3.76. The van der Waals surface area contributed by atoms with Gasteiger partial charge in [0.15, 0.2) is 6.29 Å². The molecule has 18 heavy (non-hydrogen) atoms. The van der Waals surface area contributed by atoms with Gasteiger partial charge in [-0.25, -0.2) is 0 Å². The number of halogens is 3. The van der Waals surface area contributed by atoms with E-state index in [0.717, 1.165) is 0 Å². The SMILES string of the molecule is COC(=O)Cc1cc(Br)cc(OC(F)F)c1C=O. The highest BCUT2D eigenvalue weighted by atomic mass is 79.9. The van der Waals surface area contributed by atoms with Crippen molar-refractivity contribution in [3.05, 3.63) is 27.7 Å². The van der Waals surface area contributed by atoms with Crippen LogP contribution >= 0.6 is 15.9 Å². The van der Waals surface area contributed by atoms with Crippen LogP contribution in [0.1, 0.15) is 15.9 Å². The van der Waals surface area contributed by atoms with E-state index in [1.54, 1.807) is 0 Å². The van der Waals surface area contributed by atoms with Gasteiger partial charge in [0.25, 0.3) is 0 Å². The summed E-state index contributed by atoms with van der Waals surface area (Å²) < 4.78 is 33.5. The summed E-state index contributed by atoms with van der Waals surface area (Å²) in [5.74, 6) is -0.868. The number of rotatable bonds is 5.